The van der Waals surface area contributed by atoms with Gasteiger partial charge in [-0.3, -0.25) is 4.79 Å². The molecule has 1 aromatic heterocycles. The number of hydrogen-bond donors (Lipinski definition) is 0. The van der Waals surface area contributed by atoms with Gasteiger partial charge in [0, 0.05) is 32.5 Å². The van der Waals surface area contributed by atoms with E-state index in [-0.39, 0.29) is 42.3 Å². The number of benzene rings is 2. The highest BCUT2D eigenvalue weighted by Crippen LogP contribution is 2.32. The van der Waals surface area contributed by atoms with Crippen LogP contribution in [-0.2, 0) is 27.3 Å². The number of hydrogen-bond acceptors (Lipinski definition) is 8. The van der Waals surface area contributed by atoms with E-state index in [1.54, 1.807) is 63.2 Å². The minimum atomic E-state index is -0.647. The molecule has 3 aromatic rings. The number of carbonyl (C=O) groups excluding carboxylic acids is 3. The van der Waals surface area contributed by atoms with Gasteiger partial charge in [-0.05, 0) is 50.6 Å². The van der Waals surface area contributed by atoms with Crippen LogP contribution in [0, 0.1) is 18.3 Å². The molecule has 10 heteroatoms. The molecule has 1 heterocycles. The maximum absolute atomic E-state index is 13.2. The van der Waals surface area contributed by atoms with Crippen molar-refractivity contribution in [2.24, 2.45) is 0 Å². The first-order valence-electron chi connectivity index (χ1n) is 12.0. The van der Waals surface area contributed by atoms with Crippen molar-refractivity contribution in [3.8, 4) is 11.8 Å². The van der Waals surface area contributed by atoms with Crippen molar-refractivity contribution in [3.05, 3.63) is 90.1 Å². The van der Waals surface area contributed by atoms with Gasteiger partial charge in [0.2, 0.25) is 0 Å². The van der Waals surface area contributed by atoms with E-state index in [1.807, 2.05) is 6.07 Å². The van der Waals surface area contributed by atoms with Crippen LogP contribution in [0.1, 0.15) is 55.4 Å². The zero-order valence-corrected chi connectivity index (χ0v) is 23.8. The van der Waals surface area contributed by atoms with Crippen molar-refractivity contribution in [2.75, 3.05) is 13.2 Å². The standard InChI is InChI=1S/C29H25Cl2NO6S/c1-4-36-28(34)26-17(3)27(29(35)37-5-2)39-25(26)14-23(33)20(15-32)12-18-8-6-7-9-24(18)38-16-19-10-11-21(30)13-22(19)31/h6-13H,4-5,14,16H2,1-3H3/b20-12+. The largest absolute Gasteiger partial charge is 0.488 e. The Balaban J connectivity index is 1.90. The number of nitriles is 1. The second kappa shape index (κ2) is 13.9. The fraction of sp³-hybridized carbons (Fsp3) is 0.241. The molecule has 0 spiro atoms. The third-order valence-electron chi connectivity index (χ3n) is 5.52. The van der Waals surface area contributed by atoms with Crippen molar-refractivity contribution in [3.63, 3.8) is 0 Å². The van der Waals surface area contributed by atoms with E-state index < -0.39 is 17.7 Å². The molecule has 39 heavy (non-hydrogen) atoms. The van der Waals surface area contributed by atoms with Gasteiger partial charge in [-0.1, -0.05) is 47.5 Å². The Kier molecular flexibility index (Phi) is 10.7. The lowest BCUT2D eigenvalue weighted by Crippen LogP contribution is -2.12. The number of rotatable bonds is 11. The van der Waals surface area contributed by atoms with Crippen LogP contribution in [0.25, 0.3) is 6.08 Å². The van der Waals surface area contributed by atoms with Crippen molar-refractivity contribution < 1.29 is 28.6 Å². The molecule has 0 atom stereocenters. The van der Waals surface area contributed by atoms with Crippen LogP contribution in [0.4, 0.5) is 0 Å². The quantitative estimate of drug-likeness (QED) is 0.135. The average molecular weight is 586 g/mol. The lowest BCUT2D eigenvalue weighted by atomic mass is 10.0. The number of carbonyl (C=O) groups is 3. The van der Waals surface area contributed by atoms with Gasteiger partial charge < -0.3 is 14.2 Å². The number of esters is 2. The number of ether oxygens (including phenoxy) is 3. The molecule has 0 aliphatic rings. The molecule has 2 aromatic carbocycles. The molecule has 0 saturated heterocycles. The van der Waals surface area contributed by atoms with E-state index >= 15 is 0 Å². The highest BCUT2D eigenvalue weighted by atomic mass is 35.5. The smallest absolute Gasteiger partial charge is 0.348 e. The first kappa shape index (κ1) is 29.9. The van der Waals surface area contributed by atoms with Crippen molar-refractivity contribution in [1.82, 2.24) is 0 Å². The number of halogens is 2. The third kappa shape index (κ3) is 7.48. The monoisotopic (exact) mass is 585 g/mol. The minimum Gasteiger partial charge on any atom is -0.488 e. The topological polar surface area (TPSA) is 103 Å². The third-order valence-corrected chi connectivity index (χ3v) is 7.38. The number of allylic oxidation sites excluding steroid dienone is 1. The maximum Gasteiger partial charge on any atom is 0.348 e. The summed E-state index contributed by atoms with van der Waals surface area (Å²) in [6.07, 6.45) is 1.15. The molecule has 0 aliphatic heterocycles. The summed E-state index contributed by atoms with van der Waals surface area (Å²) >= 11 is 13.2. The summed E-state index contributed by atoms with van der Waals surface area (Å²) in [6, 6.07) is 13.9. The highest BCUT2D eigenvalue weighted by Gasteiger charge is 2.28. The fourth-order valence-electron chi connectivity index (χ4n) is 3.66. The zero-order valence-electron chi connectivity index (χ0n) is 21.5. The lowest BCUT2D eigenvalue weighted by Gasteiger charge is -2.11. The average Bonchev–Trinajstić information content (AvgIpc) is 3.23. The maximum atomic E-state index is 13.2. The Labute approximate surface area is 240 Å². The van der Waals surface area contributed by atoms with Crippen LogP contribution >= 0.6 is 34.5 Å². The number of Topliss-reactive ketones (excluding diaryl/α,β-unsaturated/α-hetero) is 1. The van der Waals surface area contributed by atoms with Crippen molar-refractivity contribution >= 4 is 58.3 Å². The first-order valence-corrected chi connectivity index (χ1v) is 13.5. The molecule has 0 radical (unpaired) electrons. The molecule has 7 nitrogen and oxygen atoms in total. The molecule has 3 rings (SSSR count). The van der Waals surface area contributed by atoms with Gasteiger partial charge in [-0.25, -0.2) is 9.59 Å². The zero-order chi connectivity index (χ0) is 28.5. The fourth-order valence-corrected chi connectivity index (χ4v) is 5.31. The molecule has 0 N–H and O–H groups in total. The second-order valence-electron chi connectivity index (χ2n) is 8.13. The van der Waals surface area contributed by atoms with Crippen LogP contribution < -0.4 is 4.74 Å². The molecule has 0 fully saturated rings. The molecule has 0 saturated carbocycles. The Morgan fingerprint density at radius 2 is 1.72 bits per heavy atom. The van der Waals surface area contributed by atoms with Crippen LogP contribution in [0.15, 0.2) is 48.0 Å². The summed E-state index contributed by atoms with van der Waals surface area (Å²) in [6.45, 7) is 5.36. The summed E-state index contributed by atoms with van der Waals surface area (Å²) in [5, 5.41) is 10.8. The lowest BCUT2D eigenvalue weighted by molar-refractivity contribution is -0.114. The van der Waals surface area contributed by atoms with Gasteiger partial charge in [0.05, 0.1) is 24.4 Å². The van der Waals surface area contributed by atoms with Gasteiger partial charge in [-0.15, -0.1) is 11.3 Å². The van der Waals surface area contributed by atoms with Gasteiger partial charge in [0.15, 0.2) is 5.78 Å². The number of thiophene rings is 1. The molecule has 0 amide bonds. The molecule has 0 unspecified atom stereocenters. The van der Waals surface area contributed by atoms with Gasteiger partial charge in [-0.2, -0.15) is 5.26 Å². The summed E-state index contributed by atoms with van der Waals surface area (Å²) in [4.78, 5) is 38.9. The molecular weight excluding hydrogens is 561 g/mol. The molecular formula is C29H25Cl2NO6S. The predicted octanol–water partition coefficient (Wildman–Crippen LogP) is 7.01. The van der Waals surface area contributed by atoms with Crippen LogP contribution in [-0.4, -0.2) is 30.9 Å². The number of nitrogens with zero attached hydrogens (tertiary/aromatic N) is 1. The van der Waals surface area contributed by atoms with Gasteiger partial charge in [0.25, 0.3) is 0 Å². The van der Waals surface area contributed by atoms with E-state index in [2.05, 4.69) is 0 Å². The Morgan fingerprint density at radius 1 is 1.03 bits per heavy atom. The minimum absolute atomic E-state index is 0.123. The predicted molar refractivity (Wildman–Crippen MR) is 151 cm³/mol. The van der Waals surface area contributed by atoms with Crippen LogP contribution in [0.2, 0.25) is 10.0 Å². The van der Waals surface area contributed by atoms with Gasteiger partial charge in [0.1, 0.15) is 23.3 Å². The SMILES string of the molecule is CCOC(=O)c1sc(CC(=O)/C(C#N)=C/c2ccccc2OCc2ccc(Cl)cc2Cl)c(C(=O)OCC)c1C. The molecule has 0 bridgehead atoms. The molecule has 0 aliphatic carbocycles. The highest BCUT2D eigenvalue weighted by molar-refractivity contribution is 7.14. The normalized spacial score (nSPS) is 11.0. The van der Waals surface area contributed by atoms with Crippen molar-refractivity contribution in [2.45, 2.75) is 33.8 Å². The van der Waals surface area contributed by atoms with Crippen LogP contribution in [0.3, 0.4) is 0 Å². The number of para-hydroxylation sites is 1. The number of ketones is 1. The Bertz CT molecular complexity index is 1470. The second-order valence-corrected chi connectivity index (χ2v) is 10.1. The van der Waals surface area contributed by atoms with E-state index in [0.29, 0.717) is 37.4 Å². The van der Waals surface area contributed by atoms with Crippen molar-refractivity contribution in [1.29, 1.82) is 5.26 Å². The van der Waals surface area contributed by atoms with E-state index in [9.17, 15) is 19.6 Å². The Morgan fingerprint density at radius 3 is 2.38 bits per heavy atom. The summed E-state index contributed by atoms with van der Waals surface area (Å²) in [5.74, 6) is -1.33. The van der Waals surface area contributed by atoms with E-state index in [0.717, 1.165) is 11.3 Å². The van der Waals surface area contributed by atoms with E-state index in [1.165, 1.54) is 6.08 Å². The molecule has 202 valence electrons. The van der Waals surface area contributed by atoms with E-state index in [4.69, 9.17) is 37.4 Å². The van der Waals surface area contributed by atoms with Crippen LogP contribution in [0.5, 0.6) is 5.75 Å². The Hall–Kier alpha value is -3.64. The summed E-state index contributed by atoms with van der Waals surface area (Å²) in [7, 11) is 0. The first-order chi connectivity index (χ1) is 18.7. The summed E-state index contributed by atoms with van der Waals surface area (Å²) < 4.78 is 16.2. The van der Waals surface area contributed by atoms with Gasteiger partial charge >= 0.3 is 11.9 Å². The summed E-state index contributed by atoms with van der Waals surface area (Å²) in [5.41, 5.74) is 1.59.